The Morgan fingerprint density at radius 2 is 2.24 bits per heavy atom. The fraction of sp³-hybridized carbons (Fsp3) is 0.533. The molecule has 0 spiro atoms. The Balaban J connectivity index is 2.49. The number of rotatable bonds is 8. The molecular weight excluding hydrogens is 273 g/mol. The Bertz CT molecular complexity index is 468. The van der Waals surface area contributed by atoms with E-state index in [1.54, 1.807) is 7.11 Å². The van der Waals surface area contributed by atoms with Gasteiger partial charge in [-0.25, -0.2) is 4.39 Å². The number of nitrogens with one attached hydrogen (secondary N) is 1. The number of amides is 1. The number of halogens is 1. The lowest BCUT2D eigenvalue weighted by atomic mass is 10.2. The van der Waals surface area contributed by atoms with Crippen LogP contribution in [0.2, 0.25) is 0 Å². The maximum atomic E-state index is 12.9. The fourth-order valence-corrected chi connectivity index (χ4v) is 2.14. The maximum Gasteiger partial charge on any atom is 0.225 e. The van der Waals surface area contributed by atoms with Gasteiger partial charge in [-0.2, -0.15) is 0 Å². The molecule has 1 unspecified atom stereocenters. The Morgan fingerprint density at radius 1 is 1.52 bits per heavy atom. The lowest BCUT2D eigenvalue weighted by Crippen LogP contribution is -2.38. The van der Waals surface area contributed by atoms with Crippen molar-refractivity contribution in [3.8, 4) is 0 Å². The Labute approximate surface area is 125 Å². The number of hydrogen-bond donors (Lipinski definition) is 2. The summed E-state index contributed by atoms with van der Waals surface area (Å²) < 4.78 is 18.1. The standard InChI is InChI=1S/C15H24FN3O2/c1-4-19(11(2)10-21-3)8-7-15(20)18-14-6-5-12(16)9-13(14)17/h5-6,9,11H,4,7-8,10,17H2,1-3H3,(H,18,20). The summed E-state index contributed by atoms with van der Waals surface area (Å²) >= 11 is 0. The molecule has 0 fully saturated rings. The minimum Gasteiger partial charge on any atom is -0.397 e. The summed E-state index contributed by atoms with van der Waals surface area (Å²) in [5.41, 5.74) is 6.32. The third-order valence-corrected chi connectivity index (χ3v) is 3.35. The van der Waals surface area contributed by atoms with E-state index in [0.717, 1.165) is 6.54 Å². The van der Waals surface area contributed by atoms with Crippen LogP contribution in [0.3, 0.4) is 0 Å². The van der Waals surface area contributed by atoms with Gasteiger partial charge in [0, 0.05) is 26.1 Å². The zero-order valence-corrected chi connectivity index (χ0v) is 12.9. The molecule has 0 aliphatic heterocycles. The number of nitrogen functional groups attached to an aromatic ring is 1. The minimum atomic E-state index is -0.420. The van der Waals surface area contributed by atoms with Crippen molar-refractivity contribution in [2.24, 2.45) is 0 Å². The van der Waals surface area contributed by atoms with Crippen LogP contribution in [-0.2, 0) is 9.53 Å². The molecule has 0 radical (unpaired) electrons. The number of anilines is 2. The van der Waals surface area contributed by atoms with Crippen LogP contribution >= 0.6 is 0 Å². The van der Waals surface area contributed by atoms with Crippen molar-refractivity contribution in [1.29, 1.82) is 0 Å². The molecule has 1 atom stereocenters. The van der Waals surface area contributed by atoms with Crippen molar-refractivity contribution >= 4 is 17.3 Å². The van der Waals surface area contributed by atoms with Crippen molar-refractivity contribution in [3.63, 3.8) is 0 Å². The normalized spacial score (nSPS) is 12.4. The van der Waals surface area contributed by atoms with Crippen molar-refractivity contribution in [3.05, 3.63) is 24.0 Å². The molecule has 0 heterocycles. The van der Waals surface area contributed by atoms with Gasteiger partial charge in [0.05, 0.1) is 18.0 Å². The first-order valence-electron chi connectivity index (χ1n) is 7.05. The van der Waals surface area contributed by atoms with Gasteiger partial charge in [-0.05, 0) is 31.7 Å². The zero-order valence-electron chi connectivity index (χ0n) is 12.9. The van der Waals surface area contributed by atoms with Gasteiger partial charge in [0.25, 0.3) is 0 Å². The van der Waals surface area contributed by atoms with Gasteiger partial charge in [-0.3, -0.25) is 9.69 Å². The van der Waals surface area contributed by atoms with Crippen LogP contribution in [0.5, 0.6) is 0 Å². The van der Waals surface area contributed by atoms with Crippen LogP contribution in [0, 0.1) is 5.82 Å². The average Bonchev–Trinajstić information content (AvgIpc) is 2.43. The number of likely N-dealkylation sites (N-methyl/N-ethyl adjacent to an activating group) is 1. The van der Waals surface area contributed by atoms with Crippen LogP contribution in [0.1, 0.15) is 20.3 Å². The maximum absolute atomic E-state index is 12.9. The predicted octanol–water partition coefficient (Wildman–Crippen LogP) is 2.09. The highest BCUT2D eigenvalue weighted by Crippen LogP contribution is 2.19. The number of benzene rings is 1. The molecule has 1 rings (SSSR count). The molecule has 0 saturated carbocycles. The lowest BCUT2D eigenvalue weighted by molar-refractivity contribution is -0.116. The average molecular weight is 297 g/mol. The molecule has 0 saturated heterocycles. The molecule has 5 nitrogen and oxygen atoms in total. The van der Waals surface area contributed by atoms with Crippen molar-refractivity contribution in [1.82, 2.24) is 4.90 Å². The number of carbonyl (C=O) groups is 1. The second-order valence-electron chi connectivity index (χ2n) is 4.96. The van der Waals surface area contributed by atoms with Crippen molar-refractivity contribution in [2.45, 2.75) is 26.3 Å². The lowest BCUT2D eigenvalue weighted by Gasteiger charge is -2.26. The van der Waals surface area contributed by atoms with Gasteiger partial charge in [0.2, 0.25) is 5.91 Å². The SMILES string of the molecule is CCN(CCC(=O)Nc1ccc(F)cc1N)C(C)COC. The third kappa shape index (κ3) is 5.69. The molecule has 1 aromatic carbocycles. The van der Waals surface area contributed by atoms with Crippen LogP contribution in [0.25, 0.3) is 0 Å². The molecule has 6 heteroatoms. The van der Waals surface area contributed by atoms with Gasteiger partial charge in [0.1, 0.15) is 5.82 Å². The van der Waals surface area contributed by atoms with Crippen LogP contribution in [0.15, 0.2) is 18.2 Å². The smallest absolute Gasteiger partial charge is 0.225 e. The van der Waals surface area contributed by atoms with Crippen LogP contribution < -0.4 is 11.1 Å². The highest BCUT2D eigenvalue weighted by Gasteiger charge is 2.14. The van der Waals surface area contributed by atoms with E-state index in [0.29, 0.717) is 25.3 Å². The molecule has 21 heavy (non-hydrogen) atoms. The number of ether oxygens (including phenoxy) is 1. The summed E-state index contributed by atoms with van der Waals surface area (Å²) in [6.45, 7) is 6.20. The van der Waals surface area contributed by atoms with Gasteiger partial charge in [-0.1, -0.05) is 6.92 Å². The van der Waals surface area contributed by atoms with Crippen LogP contribution in [0.4, 0.5) is 15.8 Å². The first-order chi connectivity index (χ1) is 9.97. The first kappa shape index (κ1) is 17.4. The molecule has 1 amide bonds. The quantitative estimate of drug-likeness (QED) is 0.721. The highest BCUT2D eigenvalue weighted by atomic mass is 19.1. The Morgan fingerprint density at radius 3 is 2.81 bits per heavy atom. The molecule has 118 valence electrons. The largest absolute Gasteiger partial charge is 0.397 e. The number of methoxy groups -OCH3 is 1. The van der Waals surface area contributed by atoms with Gasteiger partial charge < -0.3 is 15.8 Å². The number of carbonyl (C=O) groups excluding carboxylic acids is 1. The van der Waals surface area contributed by atoms with Crippen molar-refractivity contribution in [2.75, 3.05) is 37.9 Å². The molecule has 0 bridgehead atoms. The van der Waals surface area contributed by atoms with E-state index in [9.17, 15) is 9.18 Å². The summed E-state index contributed by atoms with van der Waals surface area (Å²) in [7, 11) is 1.66. The van der Waals surface area contributed by atoms with E-state index in [2.05, 4.69) is 17.1 Å². The van der Waals surface area contributed by atoms with E-state index < -0.39 is 5.82 Å². The highest BCUT2D eigenvalue weighted by molar-refractivity contribution is 5.93. The monoisotopic (exact) mass is 297 g/mol. The molecule has 0 aliphatic carbocycles. The third-order valence-electron chi connectivity index (χ3n) is 3.35. The number of nitrogens with zero attached hydrogens (tertiary/aromatic N) is 1. The van der Waals surface area contributed by atoms with E-state index in [4.69, 9.17) is 10.5 Å². The summed E-state index contributed by atoms with van der Waals surface area (Å²) in [6, 6.07) is 4.18. The Kier molecular flexibility index (Phi) is 7.11. The summed E-state index contributed by atoms with van der Waals surface area (Å²) in [6.07, 6.45) is 0.346. The predicted molar refractivity (Wildman–Crippen MR) is 82.6 cm³/mol. The molecule has 3 N–H and O–H groups in total. The second-order valence-corrected chi connectivity index (χ2v) is 4.96. The number of nitrogens with two attached hydrogens (primary N) is 1. The first-order valence-corrected chi connectivity index (χ1v) is 7.05. The number of hydrogen-bond acceptors (Lipinski definition) is 4. The van der Waals surface area contributed by atoms with E-state index in [-0.39, 0.29) is 17.6 Å². The van der Waals surface area contributed by atoms with Crippen molar-refractivity contribution < 1.29 is 13.9 Å². The zero-order chi connectivity index (χ0) is 15.8. The van der Waals surface area contributed by atoms with Gasteiger partial charge in [0.15, 0.2) is 0 Å². The topological polar surface area (TPSA) is 67.6 Å². The minimum absolute atomic E-state index is 0.142. The van der Waals surface area contributed by atoms with E-state index >= 15 is 0 Å². The van der Waals surface area contributed by atoms with E-state index in [1.165, 1.54) is 18.2 Å². The molecule has 0 aromatic heterocycles. The summed E-state index contributed by atoms with van der Waals surface area (Å²) in [5, 5.41) is 2.70. The summed E-state index contributed by atoms with van der Waals surface area (Å²) in [4.78, 5) is 14.1. The Hall–Kier alpha value is -1.66. The fourth-order valence-electron chi connectivity index (χ4n) is 2.14. The molecular formula is C15H24FN3O2. The molecule has 0 aliphatic rings. The van der Waals surface area contributed by atoms with E-state index in [1.807, 2.05) is 6.92 Å². The van der Waals surface area contributed by atoms with Gasteiger partial charge in [-0.15, -0.1) is 0 Å². The molecule has 1 aromatic rings. The van der Waals surface area contributed by atoms with Crippen LogP contribution in [-0.4, -0.2) is 43.7 Å². The second kappa shape index (κ2) is 8.59. The summed E-state index contributed by atoms with van der Waals surface area (Å²) in [5.74, 6) is -0.563. The van der Waals surface area contributed by atoms with Gasteiger partial charge >= 0.3 is 0 Å².